The quantitative estimate of drug-likeness (QED) is 0.405. The Labute approximate surface area is 179 Å². The molecule has 0 aliphatic heterocycles. The number of aromatic amines is 1. The van der Waals surface area contributed by atoms with Gasteiger partial charge in [-0.1, -0.05) is 43.3 Å². The minimum Gasteiger partial charge on any atom is -0.361 e. The summed E-state index contributed by atoms with van der Waals surface area (Å²) in [6.07, 6.45) is 3.23. The molecule has 5 nitrogen and oxygen atoms in total. The van der Waals surface area contributed by atoms with Crippen LogP contribution < -0.4 is 10.6 Å². The lowest BCUT2D eigenvalue weighted by atomic mass is 10.0. The molecule has 0 saturated carbocycles. The first-order valence-electron chi connectivity index (χ1n) is 9.93. The van der Waals surface area contributed by atoms with Gasteiger partial charge in [0.05, 0.1) is 4.88 Å². The number of thiophene rings is 1. The zero-order valence-electron chi connectivity index (χ0n) is 16.6. The third-order valence-corrected chi connectivity index (χ3v) is 5.96. The van der Waals surface area contributed by atoms with E-state index in [0.29, 0.717) is 17.0 Å². The summed E-state index contributed by atoms with van der Waals surface area (Å²) in [5.41, 5.74) is 3.91. The van der Waals surface area contributed by atoms with E-state index >= 15 is 0 Å². The van der Waals surface area contributed by atoms with Crippen LogP contribution in [-0.4, -0.2) is 22.8 Å². The van der Waals surface area contributed by atoms with Gasteiger partial charge in [0.2, 0.25) is 5.91 Å². The third kappa shape index (κ3) is 4.44. The van der Waals surface area contributed by atoms with Crippen LogP contribution in [0.4, 0.5) is 5.69 Å². The van der Waals surface area contributed by atoms with Gasteiger partial charge in [0, 0.05) is 29.2 Å². The number of nitrogens with one attached hydrogen (secondary N) is 3. The van der Waals surface area contributed by atoms with E-state index < -0.39 is 6.04 Å². The van der Waals surface area contributed by atoms with Crippen LogP contribution in [0.25, 0.3) is 10.9 Å². The van der Waals surface area contributed by atoms with Gasteiger partial charge in [0.15, 0.2) is 0 Å². The Bertz CT molecular complexity index is 1150. The first-order valence-corrected chi connectivity index (χ1v) is 10.8. The molecule has 3 N–H and O–H groups in total. The summed E-state index contributed by atoms with van der Waals surface area (Å²) < 4.78 is 0. The summed E-state index contributed by atoms with van der Waals surface area (Å²) in [6.45, 7) is 2.09. The van der Waals surface area contributed by atoms with Crippen LogP contribution in [0.5, 0.6) is 0 Å². The monoisotopic (exact) mass is 417 g/mol. The fourth-order valence-corrected chi connectivity index (χ4v) is 4.05. The molecule has 30 heavy (non-hydrogen) atoms. The first kappa shape index (κ1) is 19.9. The number of carbonyl (C=O) groups is 2. The molecule has 0 radical (unpaired) electrons. The van der Waals surface area contributed by atoms with Gasteiger partial charge in [-0.25, -0.2) is 0 Å². The molecule has 0 fully saturated rings. The van der Waals surface area contributed by atoms with Crippen LogP contribution in [0.15, 0.2) is 72.2 Å². The van der Waals surface area contributed by atoms with Gasteiger partial charge in [-0.15, -0.1) is 11.3 Å². The molecule has 0 bridgehead atoms. The van der Waals surface area contributed by atoms with Crippen LogP contribution in [0, 0.1) is 0 Å². The molecule has 0 saturated heterocycles. The van der Waals surface area contributed by atoms with Crippen LogP contribution in [0.2, 0.25) is 0 Å². The summed E-state index contributed by atoms with van der Waals surface area (Å²) in [5, 5.41) is 8.75. The number of anilines is 1. The number of fused-ring (bicyclic) bond motifs is 1. The maximum absolute atomic E-state index is 13.1. The van der Waals surface area contributed by atoms with Crippen LogP contribution in [0.3, 0.4) is 0 Å². The van der Waals surface area contributed by atoms with Crippen molar-refractivity contribution in [1.82, 2.24) is 10.3 Å². The van der Waals surface area contributed by atoms with Gasteiger partial charge in [-0.2, -0.15) is 0 Å². The SMILES string of the molecule is CCc1ccc(NC(=O)[C@H](Cc2c[nH]c3ccccc23)NC(=O)c2cccs2)cc1. The normalized spacial score (nSPS) is 11.9. The number of hydrogen-bond acceptors (Lipinski definition) is 3. The molecule has 0 spiro atoms. The molecule has 0 unspecified atom stereocenters. The highest BCUT2D eigenvalue weighted by atomic mass is 32.1. The van der Waals surface area contributed by atoms with E-state index in [9.17, 15) is 9.59 Å². The zero-order chi connectivity index (χ0) is 20.9. The number of rotatable bonds is 7. The van der Waals surface area contributed by atoms with Crippen molar-refractivity contribution in [2.75, 3.05) is 5.32 Å². The minimum absolute atomic E-state index is 0.241. The highest BCUT2D eigenvalue weighted by Crippen LogP contribution is 2.20. The number of aromatic nitrogens is 1. The van der Waals surface area contributed by atoms with Gasteiger partial charge in [-0.05, 0) is 47.2 Å². The summed E-state index contributed by atoms with van der Waals surface area (Å²) >= 11 is 1.35. The van der Waals surface area contributed by atoms with Crippen molar-refractivity contribution < 1.29 is 9.59 Å². The molecule has 152 valence electrons. The number of aryl methyl sites for hydroxylation is 1. The minimum atomic E-state index is -0.704. The molecule has 0 aliphatic carbocycles. The third-order valence-electron chi connectivity index (χ3n) is 5.10. The summed E-state index contributed by atoms with van der Waals surface area (Å²) in [6, 6.07) is 18.6. The summed E-state index contributed by atoms with van der Waals surface area (Å²) in [7, 11) is 0. The Balaban J connectivity index is 1.56. The van der Waals surface area contributed by atoms with E-state index in [1.807, 2.05) is 66.2 Å². The molecule has 4 aromatic rings. The van der Waals surface area contributed by atoms with Gasteiger partial charge in [0.1, 0.15) is 6.04 Å². The predicted molar refractivity (Wildman–Crippen MR) is 122 cm³/mol. The maximum Gasteiger partial charge on any atom is 0.262 e. The number of hydrogen-bond donors (Lipinski definition) is 3. The summed E-state index contributed by atoms with van der Waals surface area (Å²) in [4.78, 5) is 29.6. The Kier molecular flexibility index (Phi) is 5.95. The van der Waals surface area contributed by atoms with E-state index in [0.717, 1.165) is 22.9 Å². The number of carbonyl (C=O) groups excluding carboxylic acids is 2. The van der Waals surface area contributed by atoms with Crippen molar-refractivity contribution in [2.24, 2.45) is 0 Å². The lowest BCUT2D eigenvalue weighted by molar-refractivity contribution is -0.118. The van der Waals surface area contributed by atoms with Gasteiger partial charge in [-0.3, -0.25) is 9.59 Å². The van der Waals surface area contributed by atoms with E-state index in [4.69, 9.17) is 0 Å². The molecule has 2 heterocycles. The second-order valence-electron chi connectivity index (χ2n) is 7.11. The smallest absolute Gasteiger partial charge is 0.262 e. The second kappa shape index (κ2) is 8.97. The largest absolute Gasteiger partial charge is 0.361 e. The standard InChI is InChI=1S/C24H23N3O2S/c1-2-16-9-11-18(12-10-16)26-23(28)21(27-24(29)22-8-5-13-30-22)14-17-15-25-20-7-4-3-6-19(17)20/h3-13,15,21,25H,2,14H2,1H3,(H,26,28)(H,27,29)/t21-/m0/s1. The van der Waals surface area contributed by atoms with E-state index in [2.05, 4.69) is 22.5 Å². The molecule has 2 aromatic heterocycles. The Morgan fingerprint density at radius 2 is 1.83 bits per heavy atom. The fraction of sp³-hybridized carbons (Fsp3) is 0.167. The van der Waals surface area contributed by atoms with Crippen LogP contribution in [-0.2, 0) is 17.6 Å². The topological polar surface area (TPSA) is 74.0 Å². The van der Waals surface area contributed by atoms with Crippen molar-refractivity contribution >= 4 is 39.7 Å². The van der Waals surface area contributed by atoms with Crippen LogP contribution >= 0.6 is 11.3 Å². The average molecular weight is 418 g/mol. The highest BCUT2D eigenvalue weighted by molar-refractivity contribution is 7.12. The number of amides is 2. The number of H-pyrrole nitrogens is 1. The van der Waals surface area contributed by atoms with Crippen molar-refractivity contribution in [2.45, 2.75) is 25.8 Å². The van der Waals surface area contributed by atoms with Gasteiger partial charge in [0.25, 0.3) is 5.91 Å². The molecule has 0 aliphatic rings. The highest BCUT2D eigenvalue weighted by Gasteiger charge is 2.23. The molecule has 4 rings (SSSR count). The predicted octanol–water partition coefficient (Wildman–Crippen LogP) is 4.77. The van der Waals surface area contributed by atoms with E-state index in [1.54, 1.807) is 6.07 Å². The molecule has 1 atom stereocenters. The van der Waals surface area contributed by atoms with E-state index in [1.165, 1.54) is 16.9 Å². The average Bonchev–Trinajstić information content (AvgIpc) is 3.44. The van der Waals surface area contributed by atoms with Crippen molar-refractivity contribution in [3.8, 4) is 0 Å². The maximum atomic E-state index is 13.1. The Morgan fingerprint density at radius 3 is 2.57 bits per heavy atom. The molecule has 2 aromatic carbocycles. The number of benzene rings is 2. The fourth-order valence-electron chi connectivity index (χ4n) is 3.42. The molecular formula is C24H23N3O2S. The zero-order valence-corrected chi connectivity index (χ0v) is 17.5. The van der Waals surface area contributed by atoms with E-state index in [-0.39, 0.29) is 11.8 Å². The van der Waals surface area contributed by atoms with Crippen molar-refractivity contribution in [3.05, 3.63) is 88.2 Å². The lowest BCUT2D eigenvalue weighted by Crippen LogP contribution is -2.45. The Morgan fingerprint density at radius 1 is 1.03 bits per heavy atom. The van der Waals surface area contributed by atoms with Crippen molar-refractivity contribution in [1.29, 1.82) is 0 Å². The molecule has 6 heteroatoms. The summed E-state index contributed by atoms with van der Waals surface area (Å²) in [5.74, 6) is -0.485. The first-order chi connectivity index (χ1) is 14.6. The second-order valence-corrected chi connectivity index (χ2v) is 8.05. The Hall–Kier alpha value is -3.38. The van der Waals surface area contributed by atoms with Gasteiger partial charge < -0.3 is 15.6 Å². The molecular weight excluding hydrogens is 394 g/mol. The number of para-hydroxylation sites is 1. The van der Waals surface area contributed by atoms with Crippen LogP contribution in [0.1, 0.15) is 27.7 Å². The molecule has 2 amide bonds. The van der Waals surface area contributed by atoms with Gasteiger partial charge >= 0.3 is 0 Å². The van der Waals surface area contributed by atoms with Crippen molar-refractivity contribution in [3.63, 3.8) is 0 Å². The lowest BCUT2D eigenvalue weighted by Gasteiger charge is -2.18.